The minimum absolute atomic E-state index is 0.0433. The van der Waals surface area contributed by atoms with Crippen LogP contribution in [0.2, 0.25) is 5.02 Å². The van der Waals surface area contributed by atoms with Crippen molar-refractivity contribution in [1.29, 1.82) is 0 Å². The number of nitrogens with zero attached hydrogens (tertiary/aromatic N) is 2. The van der Waals surface area contributed by atoms with E-state index in [0.29, 0.717) is 12.8 Å². The molecule has 1 saturated carbocycles. The van der Waals surface area contributed by atoms with Gasteiger partial charge in [-0.1, -0.05) is 24.4 Å². The molecule has 0 radical (unpaired) electrons. The van der Waals surface area contributed by atoms with Crippen molar-refractivity contribution in [1.82, 2.24) is 4.98 Å². The molecule has 2 rings (SSSR count). The van der Waals surface area contributed by atoms with Gasteiger partial charge in [-0.25, -0.2) is 9.78 Å². The van der Waals surface area contributed by atoms with Crippen molar-refractivity contribution in [2.24, 2.45) is 0 Å². The standard InChI is InChI=1S/C11H12ClN3O4/c12-8-5-7(15(18)19)6-13-9(8)14-11(10(16)17)3-1-2-4-11/h5-6H,1-4H2,(H,13,14)(H,16,17). The summed E-state index contributed by atoms with van der Waals surface area (Å²) in [7, 11) is 0. The number of aromatic nitrogens is 1. The molecule has 0 saturated heterocycles. The second-order valence-corrected chi connectivity index (χ2v) is 4.91. The number of halogens is 1. The Balaban J connectivity index is 2.28. The number of hydrogen-bond acceptors (Lipinski definition) is 5. The molecule has 7 nitrogen and oxygen atoms in total. The van der Waals surface area contributed by atoms with E-state index < -0.39 is 16.4 Å². The maximum atomic E-state index is 11.4. The molecule has 8 heteroatoms. The number of carboxylic acid groups (broad SMARTS) is 1. The van der Waals surface area contributed by atoms with Crippen molar-refractivity contribution < 1.29 is 14.8 Å². The maximum absolute atomic E-state index is 11.4. The highest BCUT2D eigenvalue weighted by atomic mass is 35.5. The Labute approximate surface area is 113 Å². The third-order valence-electron chi connectivity index (χ3n) is 3.26. The van der Waals surface area contributed by atoms with Crippen LogP contribution in [0, 0.1) is 10.1 Å². The Morgan fingerprint density at radius 3 is 2.63 bits per heavy atom. The summed E-state index contributed by atoms with van der Waals surface area (Å²) in [6.45, 7) is 0. The number of nitro groups is 1. The molecule has 1 fully saturated rings. The predicted octanol–water partition coefficient (Wildman–Crippen LogP) is 2.45. The quantitative estimate of drug-likeness (QED) is 0.650. The molecule has 0 amide bonds. The van der Waals surface area contributed by atoms with Gasteiger partial charge in [-0.05, 0) is 12.8 Å². The molecule has 1 aromatic heterocycles. The molecule has 0 unspecified atom stereocenters. The van der Waals surface area contributed by atoms with Crippen LogP contribution in [0.1, 0.15) is 25.7 Å². The summed E-state index contributed by atoms with van der Waals surface area (Å²) in [6.07, 6.45) is 3.64. The molecule has 2 N–H and O–H groups in total. The molecule has 0 spiro atoms. The first-order chi connectivity index (χ1) is 8.94. The molecule has 1 aliphatic rings. The van der Waals surface area contributed by atoms with E-state index in [4.69, 9.17) is 11.6 Å². The highest BCUT2D eigenvalue weighted by Gasteiger charge is 2.42. The number of anilines is 1. The zero-order valence-electron chi connectivity index (χ0n) is 9.93. The van der Waals surface area contributed by atoms with Crippen LogP contribution in [0.4, 0.5) is 11.5 Å². The number of hydrogen-bond donors (Lipinski definition) is 2. The lowest BCUT2D eigenvalue weighted by Gasteiger charge is -2.26. The number of pyridine rings is 1. The number of carbonyl (C=O) groups is 1. The fraction of sp³-hybridized carbons (Fsp3) is 0.455. The molecule has 0 aliphatic heterocycles. The summed E-state index contributed by atoms with van der Waals surface area (Å²) in [5.74, 6) is -0.794. The normalized spacial score (nSPS) is 17.1. The Morgan fingerprint density at radius 2 is 2.16 bits per heavy atom. The number of rotatable bonds is 4. The predicted molar refractivity (Wildman–Crippen MR) is 68.4 cm³/mol. The molecule has 19 heavy (non-hydrogen) atoms. The van der Waals surface area contributed by atoms with E-state index >= 15 is 0 Å². The smallest absolute Gasteiger partial charge is 0.329 e. The second-order valence-electron chi connectivity index (χ2n) is 4.50. The van der Waals surface area contributed by atoms with E-state index in [-0.39, 0.29) is 16.5 Å². The van der Waals surface area contributed by atoms with Crippen LogP contribution in [0.15, 0.2) is 12.3 Å². The van der Waals surface area contributed by atoms with Crippen LogP contribution in [0.25, 0.3) is 0 Å². The van der Waals surface area contributed by atoms with Gasteiger partial charge in [0.1, 0.15) is 17.6 Å². The summed E-state index contributed by atoms with van der Waals surface area (Å²) in [4.78, 5) is 25.2. The van der Waals surface area contributed by atoms with E-state index in [1.54, 1.807) is 0 Å². The van der Waals surface area contributed by atoms with Crippen LogP contribution in [-0.2, 0) is 4.79 Å². The summed E-state index contributed by atoms with van der Waals surface area (Å²) in [5, 5.41) is 22.8. The molecule has 1 aromatic rings. The molecule has 0 atom stereocenters. The average molecular weight is 286 g/mol. The van der Waals surface area contributed by atoms with Gasteiger partial charge in [0.2, 0.25) is 0 Å². The molecular weight excluding hydrogens is 274 g/mol. The number of aliphatic carboxylic acids is 1. The van der Waals surface area contributed by atoms with E-state index in [2.05, 4.69) is 10.3 Å². The van der Waals surface area contributed by atoms with Gasteiger partial charge in [0.05, 0.1) is 9.95 Å². The van der Waals surface area contributed by atoms with Crippen molar-refractivity contribution in [3.05, 3.63) is 27.4 Å². The Morgan fingerprint density at radius 1 is 1.53 bits per heavy atom. The molecule has 0 bridgehead atoms. The topological polar surface area (TPSA) is 105 Å². The van der Waals surface area contributed by atoms with Gasteiger partial charge in [0, 0.05) is 6.07 Å². The summed E-state index contributed by atoms with van der Waals surface area (Å²) < 4.78 is 0. The van der Waals surface area contributed by atoms with Crippen LogP contribution in [-0.4, -0.2) is 26.5 Å². The van der Waals surface area contributed by atoms with Crippen LogP contribution < -0.4 is 5.32 Å². The van der Waals surface area contributed by atoms with Gasteiger partial charge in [-0.15, -0.1) is 0 Å². The van der Waals surface area contributed by atoms with Gasteiger partial charge in [0.25, 0.3) is 5.69 Å². The molecule has 0 aromatic carbocycles. The molecule has 1 heterocycles. The monoisotopic (exact) mass is 285 g/mol. The van der Waals surface area contributed by atoms with E-state index in [0.717, 1.165) is 25.1 Å². The van der Waals surface area contributed by atoms with Gasteiger partial charge in [0.15, 0.2) is 0 Å². The van der Waals surface area contributed by atoms with Gasteiger partial charge < -0.3 is 10.4 Å². The number of carboxylic acids is 1. The third kappa shape index (κ3) is 2.60. The fourth-order valence-electron chi connectivity index (χ4n) is 2.22. The summed E-state index contributed by atoms with van der Waals surface area (Å²) >= 11 is 5.90. The Hall–Kier alpha value is -1.89. The Kier molecular flexibility index (Phi) is 3.57. The van der Waals surface area contributed by atoms with Crippen molar-refractivity contribution in [3.63, 3.8) is 0 Å². The lowest BCUT2D eigenvalue weighted by molar-refractivity contribution is -0.385. The van der Waals surface area contributed by atoms with E-state index in [1.165, 1.54) is 0 Å². The minimum Gasteiger partial charge on any atom is -0.480 e. The van der Waals surface area contributed by atoms with E-state index in [1.807, 2.05) is 0 Å². The lowest BCUT2D eigenvalue weighted by Crippen LogP contribution is -2.44. The first-order valence-electron chi connectivity index (χ1n) is 5.76. The highest BCUT2D eigenvalue weighted by molar-refractivity contribution is 6.33. The lowest BCUT2D eigenvalue weighted by atomic mass is 9.98. The van der Waals surface area contributed by atoms with Crippen LogP contribution in [0.5, 0.6) is 0 Å². The third-order valence-corrected chi connectivity index (χ3v) is 3.55. The van der Waals surface area contributed by atoms with Crippen molar-refractivity contribution in [3.8, 4) is 0 Å². The first-order valence-corrected chi connectivity index (χ1v) is 6.14. The molecule has 1 aliphatic carbocycles. The number of nitrogens with one attached hydrogen (secondary N) is 1. The first kappa shape index (κ1) is 13.5. The van der Waals surface area contributed by atoms with Crippen molar-refractivity contribution >= 4 is 29.1 Å². The van der Waals surface area contributed by atoms with E-state index in [9.17, 15) is 20.0 Å². The SMILES string of the molecule is O=C(O)C1(Nc2ncc([N+](=O)[O-])cc2Cl)CCCC1. The zero-order chi connectivity index (χ0) is 14.0. The Bertz CT molecular complexity index is 529. The summed E-state index contributed by atoms with van der Waals surface area (Å²) in [6, 6.07) is 1.15. The minimum atomic E-state index is -1.08. The van der Waals surface area contributed by atoms with Gasteiger partial charge >= 0.3 is 5.97 Å². The van der Waals surface area contributed by atoms with Crippen molar-refractivity contribution in [2.45, 2.75) is 31.2 Å². The summed E-state index contributed by atoms with van der Waals surface area (Å²) in [5.41, 5.74) is -1.31. The second kappa shape index (κ2) is 5.00. The average Bonchev–Trinajstić information content (AvgIpc) is 2.81. The maximum Gasteiger partial charge on any atom is 0.329 e. The molecular formula is C11H12ClN3O4. The van der Waals surface area contributed by atoms with Crippen LogP contribution in [0.3, 0.4) is 0 Å². The van der Waals surface area contributed by atoms with Gasteiger partial charge in [-0.3, -0.25) is 10.1 Å². The fourth-order valence-corrected chi connectivity index (χ4v) is 2.43. The van der Waals surface area contributed by atoms with Gasteiger partial charge in [-0.2, -0.15) is 0 Å². The largest absolute Gasteiger partial charge is 0.480 e. The van der Waals surface area contributed by atoms with Crippen LogP contribution >= 0.6 is 11.6 Å². The highest BCUT2D eigenvalue weighted by Crippen LogP contribution is 2.35. The molecule has 102 valence electrons. The zero-order valence-corrected chi connectivity index (χ0v) is 10.7. The van der Waals surface area contributed by atoms with Crippen molar-refractivity contribution in [2.75, 3.05) is 5.32 Å².